The van der Waals surface area contributed by atoms with Gasteiger partial charge in [0.15, 0.2) is 5.82 Å². The van der Waals surface area contributed by atoms with Crippen LogP contribution in [-0.4, -0.2) is 64.5 Å². The molecule has 3 heterocycles. The van der Waals surface area contributed by atoms with Crippen LogP contribution in [0.2, 0.25) is 0 Å². The number of carbonyl (C=O) groups is 2. The van der Waals surface area contributed by atoms with Gasteiger partial charge in [0.05, 0.1) is 12.6 Å². The van der Waals surface area contributed by atoms with E-state index in [1.165, 1.54) is 31.3 Å². The standard InChI is InChI=1S/C25H39N5O3/c1-18(2)24(32)29-13-10-25(11-14-29)15-21(23-27-19(3)28-33-23)30(17-25)16-22(31)26-12-9-20-7-5-4-6-8-20/h7,18,21H,4-6,8-17H2,1-3H3,(H,26,31). The summed E-state index contributed by atoms with van der Waals surface area (Å²) >= 11 is 0. The average molecular weight is 458 g/mol. The van der Waals surface area contributed by atoms with Crippen LogP contribution in [0.15, 0.2) is 16.2 Å². The second kappa shape index (κ2) is 10.4. The van der Waals surface area contributed by atoms with Crippen LogP contribution in [0.1, 0.15) is 83.0 Å². The molecular weight excluding hydrogens is 418 g/mol. The van der Waals surface area contributed by atoms with Gasteiger partial charge in [0, 0.05) is 32.1 Å². The molecule has 0 bridgehead atoms. The SMILES string of the molecule is Cc1noc(C2CC3(CCN(C(=O)C(C)C)CC3)CN2CC(=O)NCCC2=CCCCC2)n1. The molecule has 182 valence electrons. The highest BCUT2D eigenvalue weighted by Crippen LogP contribution is 2.48. The number of aryl methyl sites for hydroxylation is 1. The van der Waals surface area contributed by atoms with Crippen LogP contribution >= 0.6 is 0 Å². The number of amides is 2. The maximum Gasteiger partial charge on any atom is 0.244 e. The fourth-order valence-corrected chi connectivity index (χ4v) is 5.67. The fraction of sp³-hybridized carbons (Fsp3) is 0.760. The molecule has 1 unspecified atom stereocenters. The first kappa shape index (κ1) is 23.9. The smallest absolute Gasteiger partial charge is 0.244 e. The third-order valence-corrected chi connectivity index (χ3v) is 7.56. The Morgan fingerprint density at radius 3 is 2.70 bits per heavy atom. The second-order valence-electron chi connectivity index (χ2n) is 10.5. The monoisotopic (exact) mass is 457 g/mol. The summed E-state index contributed by atoms with van der Waals surface area (Å²) in [6.45, 7) is 9.15. The highest BCUT2D eigenvalue weighted by Gasteiger charge is 2.48. The summed E-state index contributed by atoms with van der Waals surface area (Å²) in [5, 5.41) is 7.11. The molecule has 2 fully saturated rings. The largest absolute Gasteiger partial charge is 0.355 e. The predicted octanol–water partition coefficient (Wildman–Crippen LogP) is 3.40. The summed E-state index contributed by atoms with van der Waals surface area (Å²) < 4.78 is 5.54. The number of carbonyl (C=O) groups excluding carboxylic acids is 2. The molecule has 8 nitrogen and oxygen atoms in total. The Bertz CT molecular complexity index is 869. The number of nitrogens with one attached hydrogen (secondary N) is 1. The number of nitrogens with zero attached hydrogens (tertiary/aromatic N) is 4. The third-order valence-electron chi connectivity index (χ3n) is 7.56. The molecule has 2 amide bonds. The summed E-state index contributed by atoms with van der Waals surface area (Å²) in [6, 6.07) is -0.0506. The molecule has 1 atom stereocenters. The van der Waals surface area contributed by atoms with Crippen molar-refractivity contribution in [1.82, 2.24) is 25.3 Å². The Hall–Kier alpha value is -2.22. The number of hydrogen-bond donors (Lipinski definition) is 1. The topological polar surface area (TPSA) is 91.6 Å². The lowest BCUT2D eigenvalue weighted by atomic mass is 9.76. The van der Waals surface area contributed by atoms with Gasteiger partial charge in [0.2, 0.25) is 17.7 Å². The molecule has 4 rings (SSSR count). The number of hydrogen-bond acceptors (Lipinski definition) is 6. The van der Waals surface area contributed by atoms with E-state index >= 15 is 0 Å². The van der Waals surface area contributed by atoms with Crippen molar-refractivity contribution in [2.75, 3.05) is 32.7 Å². The maximum atomic E-state index is 12.8. The normalized spacial score (nSPS) is 23.2. The Kier molecular flexibility index (Phi) is 7.51. The van der Waals surface area contributed by atoms with Crippen LogP contribution in [-0.2, 0) is 9.59 Å². The van der Waals surface area contributed by atoms with Crippen molar-refractivity contribution in [1.29, 1.82) is 0 Å². The predicted molar refractivity (Wildman–Crippen MR) is 125 cm³/mol. The van der Waals surface area contributed by atoms with Crippen molar-refractivity contribution in [3.05, 3.63) is 23.4 Å². The number of aromatic nitrogens is 2. The van der Waals surface area contributed by atoms with Crippen LogP contribution < -0.4 is 5.32 Å². The minimum Gasteiger partial charge on any atom is -0.355 e. The molecule has 33 heavy (non-hydrogen) atoms. The molecule has 8 heteroatoms. The van der Waals surface area contributed by atoms with Gasteiger partial charge in [-0.15, -0.1) is 0 Å². The quantitative estimate of drug-likeness (QED) is 0.631. The highest BCUT2D eigenvalue weighted by molar-refractivity contribution is 5.78. The van der Waals surface area contributed by atoms with E-state index < -0.39 is 0 Å². The summed E-state index contributed by atoms with van der Waals surface area (Å²) in [4.78, 5) is 34.0. The van der Waals surface area contributed by atoms with Crippen LogP contribution in [0.5, 0.6) is 0 Å². The van der Waals surface area contributed by atoms with Gasteiger partial charge in [0.25, 0.3) is 0 Å². The number of piperidine rings is 1. The number of allylic oxidation sites excluding steroid dienone is 1. The van der Waals surface area contributed by atoms with E-state index in [1.54, 1.807) is 0 Å². The first-order valence-electron chi connectivity index (χ1n) is 12.6. The average Bonchev–Trinajstić information content (AvgIpc) is 3.38. The Labute approximate surface area is 197 Å². The van der Waals surface area contributed by atoms with Gasteiger partial charge in [-0.2, -0.15) is 4.98 Å². The van der Waals surface area contributed by atoms with Gasteiger partial charge >= 0.3 is 0 Å². The summed E-state index contributed by atoms with van der Waals surface area (Å²) in [7, 11) is 0. The third kappa shape index (κ3) is 5.83. The van der Waals surface area contributed by atoms with Gasteiger partial charge in [-0.25, -0.2) is 0 Å². The summed E-state index contributed by atoms with van der Waals surface area (Å²) in [5.41, 5.74) is 1.55. The van der Waals surface area contributed by atoms with Crippen molar-refractivity contribution < 1.29 is 14.1 Å². The van der Waals surface area contributed by atoms with Gasteiger partial charge in [0.1, 0.15) is 0 Å². The van der Waals surface area contributed by atoms with Gasteiger partial charge in [-0.05, 0) is 63.7 Å². The first-order chi connectivity index (χ1) is 15.8. The zero-order valence-electron chi connectivity index (χ0n) is 20.4. The van der Waals surface area contributed by atoms with Crippen molar-refractivity contribution in [3.8, 4) is 0 Å². The van der Waals surface area contributed by atoms with Gasteiger partial charge in [-0.3, -0.25) is 14.5 Å². The van der Waals surface area contributed by atoms with Crippen molar-refractivity contribution in [2.24, 2.45) is 11.3 Å². The molecule has 1 aromatic rings. The molecule has 1 N–H and O–H groups in total. The summed E-state index contributed by atoms with van der Waals surface area (Å²) in [6.07, 6.45) is 10.9. The van der Waals surface area contributed by atoms with Crippen LogP contribution in [0.4, 0.5) is 0 Å². The molecule has 0 radical (unpaired) electrons. The fourth-order valence-electron chi connectivity index (χ4n) is 5.67. The zero-order valence-corrected chi connectivity index (χ0v) is 20.4. The zero-order chi connectivity index (χ0) is 23.4. The van der Waals surface area contributed by atoms with E-state index in [9.17, 15) is 9.59 Å². The Balaban J connectivity index is 1.37. The molecule has 1 spiro atoms. The second-order valence-corrected chi connectivity index (χ2v) is 10.5. The van der Waals surface area contributed by atoms with E-state index in [-0.39, 0.29) is 29.2 Å². The molecule has 0 saturated carbocycles. The highest BCUT2D eigenvalue weighted by atomic mass is 16.5. The maximum absolute atomic E-state index is 12.8. The van der Waals surface area contributed by atoms with Crippen LogP contribution in [0.25, 0.3) is 0 Å². The lowest BCUT2D eigenvalue weighted by molar-refractivity contribution is -0.136. The van der Waals surface area contributed by atoms with Gasteiger partial charge in [-0.1, -0.05) is 30.7 Å². The minimum absolute atomic E-state index is 0.0290. The lowest BCUT2D eigenvalue weighted by Crippen LogP contribution is -2.46. The molecule has 1 aromatic heterocycles. The van der Waals surface area contributed by atoms with Crippen molar-refractivity contribution >= 4 is 11.8 Å². The molecule has 0 aromatic carbocycles. The number of rotatable bonds is 7. The van der Waals surface area contributed by atoms with E-state index in [2.05, 4.69) is 26.4 Å². The minimum atomic E-state index is -0.0506. The van der Waals surface area contributed by atoms with Gasteiger partial charge < -0.3 is 14.7 Å². The van der Waals surface area contributed by atoms with Crippen molar-refractivity contribution in [2.45, 2.75) is 78.2 Å². The molecule has 2 aliphatic heterocycles. The van der Waals surface area contributed by atoms with E-state index in [0.29, 0.717) is 24.8 Å². The van der Waals surface area contributed by atoms with E-state index in [4.69, 9.17) is 4.52 Å². The summed E-state index contributed by atoms with van der Waals surface area (Å²) in [5.74, 6) is 1.54. The molecular formula is C25H39N5O3. The molecule has 2 saturated heterocycles. The first-order valence-corrected chi connectivity index (χ1v) is 12.6. The van der Waals surface area contributed by atoms with Crippen molar-refractivity contribution in [3.63, 3.8) is 0 Å². The van der Waals surface area contributed by atoms with Crippen LogP contribution in [0.3, 0.4) is 0 Å². The van der Waals surface area contributed by atoms with E-state index in [0.717, 1.165) is 45.3 Å². The van der Waals surface area contributed by atoms with E-state index in [1.807, 2.05) is 25.7 Å². The Morgan fingerprint density at radius 1 is 1.27 bits per heavy atom. The molecule has 3 aliphatic rings. The Morgan fingerprint density at radius 2 is 2.06 bits per heavy atom. The lowest BCUT2D eigenvalue weighted by Gasteiger charge is -2.40. The molecule has 1 aliphatic carbocycles. The van der Waals surface area contributed by atoms with Crippen LogP contribution in [0, 0.1) is 18.3 Å². The number of likely N-dealkylation sites (tertiary alicyclic amines) is 2.